The minimum absolute atomic E-state index is 0.329. The van der Waals surface area contributed by atoms with Gasteiger partial charge < -0.3 is 14.8 Å². The van der Waals surface area contributed by atoms with E-state index in [4.69, 9.17) is 21.7 Å². The Morgan fingerprint density at radius 1 is 1.04 bits per heavy atom. The van der Waals surface area contributed by atoms with Crippen molar-refractivity contribution in [3.8, 4) is 11.5 Å². The number of benzene rings is 2. The second kappa shape index (κ2) is 10.2. The van der Waals surface area contributed by atoms with E-state index in [1.807, 2.05) is 37.3 Å². The van der Waals surface area contributed by atoms with Gasteiger partial charge in [0.1, 0.15) is 11.5 Å². The lowest BCUT2D eigenvalue weighted by atomic mass is 10.2. The van der Waals surface area contributed by atoms with E-state index in [-0.39, 0.29) is 5.91 Å². The molecule has 1 atom stereocenters. The Balaban J connectivity index is 1.71. The number of ether oxygens (including phenoxy) is 2. The molecule has 0 aliphatic carbocycles. The van der Waals surface area contributed by atoms with Gasteiger partial charge in [-0.1, -0.05) is 30.3 Å². The Bertz CT molecular complexity index is 708. The Kier molecular flexibility index (Phi) is 7.70. The van der Waals surface area contributed by atoms with Gasteiger partial charge in [-0.15, -0.1) is 0 Å². The fourth-order valence-corrected chi connectivity index (χ4v) is 2.20. The predicted octanol–water partition coefficient (Wildman–Crippen LogP) is 2.55. The van der Waals surface area contributed by atoms with Crippen LogP contribution in [0.15, 0.2) is 54.6 Å². The van der Waals surface area contributed by atoms with Crippen LogP contribution in [0.1, 0.15) is 19.4 Å². The zero-order valence-corrected chi connectivity index (χ0v) is 15.6. The van der Waals surface area contributed by atoms with Crippen molar-refractivity contribution < 1.29 is 14.3 Å². The van der Waals surface area contributed by atoms with Gasteiger partial charge in [-0.2, -0.15) is 0 Å². The van der Waals surface area contributed by atoms with Crippen molar-refractivity contribution in [1.29, 1.82) is 0 Å². The average molecular weight is 373 g/mol. The molecule has 2 aromatic rings. The molecule has 0 aromatic heterocycles. The molecular weight excluding hydrogens is 350 g/mol. The largest absolute Gasteiger partial charge is 0.494 e. The van der Waals surface area contributed by atoms with E-state index in [2.05, 4.69) is 16.2 Å². The van der Waals surface area contributed by atoms with Gasteiger partial charge in [0.15, 0.2) is 11.2 Å². The van der Waals surface area contributed by atoms with Crippen LogP contribution in [0, 0.1) is 0 Å². The Labute approximate surface area is 158 Å². The molecule has 3 N–H and O–H groups in total. The summed E-state index contributed by atoms with van der Waals surface area (Å²) in [5.41, 5.74) is 6.29. The normalized spacial score (nSPS) is 11.2. The van der Waals surface area contributed by atoms with Gasteiger partial charge >= 0.3 is 0 Å². The van der Waals surface area contributed by atoms with E-state index in [0.29, 0.717) is 24.0 Å². The highest BCUT2D eigenvalue weighted by Crippen LogP contribution is 2.18. The molecule has 0 fully saturated rings. The van der Waals surface area contributed by atoms with Crippen molar-refractivity contribution in [2.45, 2.75) is 26.5 Å². The van der Waals surface area contributed by atoms with Gasteiger partial charge in [-0.3, -0.25) is 15.6 Å². The van der Waals surface area contributed by atoms with Crippen molar-refractivity contribution in [2.24, 2.45) is 0 Å². The maximum atomic E-state index is 12.1. The molecule has 6 nitrogen and oxygen atoms in total. The number of carbonyl (C=O) groups is 1. The molecule has 0 unspecified atom stereocenters. The highest BCUT2D eigenvalue weighted by molar-refractivity contribution is 7.80. The molecule has 0 bridgehead atoms. The van der Waals surface area contributed by atoms with Gasteiger partial charge in [-0.05, 0) is 55.9 Å². The Morgan fingerprint density at radius 3 is 2.35 bits per heavy atom. The third-order valence-electron chi connectivity index (χ3n) is 3.41. The van der Waals surface area contributed by atoms with Gasteiger partial charge in [-0.25, -0.2) is 0 Å². The number of hydrazine groups is 1. The first kappa shape index (κ1) is 19.5. The van der Waals surface area contributed by atoms with E-state index in [0.717, 1.165) is 11.3 Å². The molecule has 0 aliphatic rings. The van der Waals surface area contributed by atoms with Gasteiger partial charge in [0.05, 0.1) is 6.61 Å². The third kappa shape index (κ3) is 6.60. The van der Waals surface area contributed by atoms with Gasteiger partial charge in [0.25, 0.3) is 5.91 Å². The van der Waals surface area contributed by atoms with Crippen LogP contribution >= 0.6 is 12.2 Å². The molecule has 1 amide bonds. The Morgan fingerprint density at radius 2 is 1.69 bits per heavy atom. The van der Waals surface area contributed by atoms with Gasteiger partial charge in [0, 0.05) is 6.54 Å². The van der Waals surface area contributed by atoms with Crippen molar-refractivity contribution in [1.82, 2.24) is 16.2 Å². The van der Waals surface area contributed by atoms with Crippen LogP contribution < -0.4 is 25.6 Å². The number of nitrogens with one attached hydrogen (secondary N) is 3. The molecule has 0 spiro atoms. The maximum absolute atomic E-state index is 12.1. The lowest BCUT2D eigenvalue weighted by Gasteiger charge is -2.16. The molecule has 138 valence electrons. The fourth-order valence-electron chi connectivity index (χ4n) is 2.08. The van der Waals surface area contributed by atoms with Crippen molar-refractivity contribution in [3.63, 3.8) is 0 Å². The van der Waals surface area contributed by atoms with Crippen LogP contribution in [0.25, 0.3) is 0 Å². The van der Waals surface area contributed by atoms with E-state index >= 15 is 0 Å². The maximum Gasteiger partial charge on any atom is 0.279 e. The average Bonchev–Trinajstić information content (AvgIpc) is 2.67. The number of amides is 1. The highest BCUT2D eigenvalue weighted by atomic mass is 32.1. The molecule has 2 aromatic carbocycles. The number of thiocarbonyl (C=S) groups is 1. The molecule has 0 saturated heterocycles. The zero-order valence-electron chi connectivity index (χ0n) is 14.8. The minimum Gasteiger partial charge on any atom is -0.494 e. The SMILES string of the molecule is CCOc1ccc(O[C@H](C)C(=O)NNC(=S)NCc2ccccc2)cc1. The zero-order chi connectivity index (χ0) is 18.8. The van der Waals surface area contributed by atoms with Crippen LogP contribution in [0.3, 0.4) is 0 Å². The lowest BCUT2D eigenvalue weighted by molar-refractivity contribution is -0.127. The number of hydrogen-bond donors (Lipinski definition) is 3. The molecule has 0 radical (unpaired) electrons. The van der Waals surface area contributed by atoms with Crippen LogP contribution in [0.4, 0.5) is 0 Å². The van der Waals surface area contributed by atoms with Crippen molar-refractivity contribution in [2.75, 3.05) is 6.61 Å². The smallest absolute Gasteiger partial charge is 0.279 e. The van der Waals surface area contributed by atoms with Crippen molar-refractivity contribution in [3.05, 3.63) is 60.2 Å². The summed E-state index contributed by atoms with van der Waals surface area (Å²) in [6, 6.07) is 16.9. The van der Waals surface area contributed by atoms with Crippen LogP contribution in [-0.4, -0.2) is 23.7 Å². The standard InChI is InChI=1S/C19H23N3O3S/c1-3-24-16-9-11-17(12-10-16)25-14(2)18(23)21-22-19(26)20-13-15-7-5-4-6-8-15/h4-12,14H,3,13H2,1-2H3,(H,21,23)(H2,20,22,26)/t14-/m1/s1. The first-order valence-corrected chi connectivity index (χ1v) is 8.76. The quantitative estimate of drug-likeness (QED) is 0.512. The lowest BCUT2D eigenvalue weighted by Crippen LogP contribution is -2.50. The molecule has 0 saturated carbocycles. The summed E-state index contributed by atoms with van der Waals surface area (Å²) in [6.07, 6.45) is -0.683. The van der Waals surface area contributed by atoms with E-state index in [1.165, 1.54) is 0 Å². The second-order valence-electron chi connectivity index (χ2n) is 5.45. The predicted molar refractivity (Wildman–Crippen MR) is 105 cm³/mol. The summed E-state index contributed by atoms with van der Waals surface area (Å²) in [5, 5.41) is 3.34. The monoisotopic (exact) mass is 373 g/mol. The number of hydrogen-bond acceptors (Lipinski definition) is 4. The molecule has 26 heavy (non-hydrogen) atoms. The number of carbonyl (C=O) groups excluding carboxylic acids is 1. The Hall–Kier alpha value is -2.80. The topological polar surface area (TPSA) is 71.6 Å². The molecule has 2 rings (SSSR count). The first-order valence-electron chi connectivity index (χ1n) is 8.35. The van der Waals surface area contributed by atoms with Gasteiger partial charge in [0.2, 0.25) is 0 Å². The van der Waals surface area contributed by atoms with Crippen LogP contribution in [0.5, 0.6) is 11.5 Å². The summed E-state index contributed by atoms with van der Waals surface area (Å²) >= 11 is 5.14. The summed E-state index contributed by atoms with van der Waals surface area (Å²) in [4.78, 5) is 12.1. The summed E-state index contributed by atoms with van der Waals surface area (Å²) < 4.78 is 11.0. The fraction of sp³-hybridized carbons (Fsp3) is 0.263. The summed E-state index contributed by atoms with van der Waals surface area (Å²) in [7, 11) is 0. The first-order chi connectivity index (χ1) is 12.6. The molecule has 0 aliphatic heterocycles. The van der Waals surface area contributed by atoms with Crippen LogP contribution in [-0.2, 0) is 11.3 Å². The molecule has 7 heteroatoms. The summed E-state index contributed by atoms with van der Waals surface area (Å²) in [5.74, 6) is 1.01. The number of rotatable bonds is 7. The van der Waals surface area contributed by atoms with Crippen LogP contribution in [0.2, 0.25) is 0 Å². The third-order valence-corrected chi connectivity index (χ3v) is 3.66. The molecule has 0 heterocycles. The summed E-state index contributed by atoms with van der Waals surface area (Å²) in [6.45, 7) is 4.75. The molecular formula is C19H23N3O3S. The van der Waals surface area contributed by atoms with E-state index < -0.39 is 6.10 Å². The highest BCUT2D eigenvalue weighted by Gasteiger charge is 2.14. The van der Waals surface area contributed by atoms with E-state index in [9.17, 15) is 4.79 Å². The second-order valence-corrected chi connectivity index (χ2v) is 5.86. The van der Waals surface area contributed by atoms with E-state index in [1.54, 1.807) is 31.2 Å². The minimum atomic E-state index is -0.683. The van der Waals surface area contributed by atoms with Crippen molar-refractivity contribution >= 4 is 23.2 Å².